The number of aryl methyl sites for hydroxylation is 2. The van der Waals surface area contributed by atoms with Crippen molar-refractivity contribution in [2.45, 2.75) is 6.92 Å². The number of amides is 1. The fraction of sp³-hybridized carbons (Fsp3) is 0.0909. The number of hydrogen-bond donors (Lipinski definition) is 3. The number of nitrogens with zero attached hydrogens (tertiary/aromatic N) is 4. The molecule has 0 aliphatic rings. The summed E-state index contributed by atoms with van der Waals surface area (Å²) in [5.41, 5.74) is 3.17. The summed E-state index contributed by atoms with van der Waals surface area (Å²) in [7, 11) is 1.84. The molecule has 2 aromatic heterocycles. The number of benzene rings is 2. The van der Waals surface area contributed by atoms with Crippen molar-refractivity contribution in [2.24, 2.45) is 7.05 Å². The third kappa shape index (κ3) is 4.12. The average Bonchev–Trinajstić information content (AvgIpc) is 3.15. The van der Waals surface area contributed by atoms with Gasteiger partial charge in [-0.05, 0) is 30.5 Å². The maximum Gasteiger partial charge on any atom is 0.247 e. The standard InChI is InChI=1S/C22H21N7O/c1-4-20(30)27-19-10-16(9-15-7-5-6-8-18(15)19)25-21-14(2)11-23-22(28-21)26-17-12-24-29(3)13-17/h4-13H,1H2,2-3H3,(H,27,30)(H2,23,25,26,28). The van der Waals surface area contributed by atoms with Crippen LogP contribution in [0.25, 0.3) is 10.8 Å². The maximum absolute atomic E-state index is 11.9. The molecule has 0 aliphatic carbocycles. The lowest BCUT2D eigenvalue weighted by molar-refractivity contribution is -0.111. The number of fused-ring (bicyclic) bond motifs is 1. The molecule has 3 N–H and O–H groups in total. The fourth-order valence-electron chi connectivity index (χ4n) is 3.05. The molecule has 0 unspecified atom stereocenters. The number of hydrogen-bond acceptors (Lipinski definition) is 6. The summed E-state index contributed by atoms with van der Waals surface area (Å²) in [6.45, 7) is 5.45. The molecule has 0 spiro atoms. The molecule has 2 aromatic carbocycles. The minimum absolute atomic E-state index is 0.265. The minimum Gasteiger partial charge on any atom is -0.340 e. The first-order valence-corrected chi connectivity index (χ1v) is 9.34. The summed E-state index contributed by atoms with van der Waals surface area (Å²) in [5, 5.41) is 15.4. The van der Waals surface area contributed by atoms with E-state index in [4.69, 9.17) is 0 Å². The predicted octanol–water partition coefficient (Wildman–Crippen LogP) is 4.28. The van der Waals surface area contributed by atoms with Crippen molar-refractivity contribution in [1.29, 1.82) is 0 Å². The third-order valence-electron chi connectivity index (χ3n) is 4.50. The number of carbonyl (C=O) groups excluding carboxylic acids is 1. The quantitative estimate of drug-likeness (QED) is 0.419. The van der Waals surface area contributed by atoms with E-state index in [1.54, 1.807) is 17.1 Å². The number of anilines is 5. The van der Waals surface area contributed by atoms with Crippen LogP contribution >= 0.6 is 0 Å². The van der Waals surface area contributed by atoms with Gasteiger partial charge >= 0.3 is 0 Å². The van der Waals surface area contributed by atoms with Crippen molar-refractivity contribution in [3.05, 3.63) is 73.2 Å². The SMILES string of the molecule is C=CC(=O)Nc1cc(Nc2nc(Nc3cnn(C)c3)ncc2C)cc2ccccc12. The molecule has 0 atom stereocenters. The molecule has 0 saturated heterocycles. The lowest BCUT2D eigenvalue weighted by Crippen LogP contribution is -2.08. The Morgan fingerprint density at radius 1 is 1.13 bits per heavy atom. The Labute approximate surface area is 173 Å². The van der Waals surface area contributed by atoms with Crippen molar-refractivity contribution < 1.29 is 4.79 Å². The number of aromatic nitrogens is 4. The maximum atomic E-state index is 11.9. The van der Waals surface area contributed by atoms with Crippen molar-refractivity contribution in [2.75, 3.05) is 16.0 Å². The van der Waals surface area contributed by atoms with E-state index in [1.807, 2.05) is 56.6 Å². The summed E-state index contributed by atoms with van der Waals surface area (Å²) >= 11 is 0. The van der Waals surface area contributed by atoms with E-state index in [0.29, 0.717) is 17.5 Å². The monoisotopic (exact) mass is 399 g/mol. The topological polar surface area (TPSA) is 96.8 Å². The molecule has 1 amide bonds. The molecule has 150 valence electrons. The third-order valence-corrected chi connectivity index (χ3v) is 4.50. The zero-order valence-corrected chi connectivity index (χ0v) is 16.7. The zero-order valence-electron chi connectivity index (χ0n) is 16.7. The largest absolute Gasteiger partial charge is 0.340 e. The van der Waals surface area contributed by atoms with Gasteiger partial charge in [0.1, 0.15) is 5.82 Å². The van der Waals surface area contributed by atoms with E-state index in [-0.39, 0.29) is 5.91 Å². The van der Waals surface area contributed by atoms with Gasteiger partial charge in [-0.15, -0.1) is 0 Å². The Bertz CT molecular complexity index is 1250. The first-order chi connectivity index (χ1) is 14.5. The molecule has 4 rings (SSSR count). The fourth-order valence-corrected chi connectivity index (χ4v) is 3.05. The molecule has 0 radical (unpaired) electrons. The van der Waals surface area contributed by atoms with Crippen LogP contribution in [0.15, 0.2) is 67.6 Å². The summed E-state index contributed by atoms with van der Waals surface area (Å²) in [6, 6.07) is 11.7. The molecule has 0 saturated carbocycles. The van der Waals surface area contributed by atoms with Crippen LogP contribution in [0.1, 0.15) is 5.56 Å². The van der Waals surface area contributed by atoms with E-state index in [0.717, 1.165) is 27.7 Å². The Balaban J connectivity index is 1.67. The van der Waals surface area contributed by atoms with Gasteiger partial charge in [0.2, 0.25) is 11.9 Å². The van der Waals surface area contributed by atoms with E-state index in [9.17, 15) is 4.79 Å². The van der Waals surface area contributed by atoms with E-state index in [2.05, 4.69) is 37.6 Å². The van der Waals surface area contributed by atoms with E-state index >= 15 is 0 Å². The van der Waals surface area contributed by atoms with Gasteiger partial charge in [0.05, 0.1) is 17.6 Å². The molecule has 0 bridgehead atoms. The number of carbonyl (C=O) groups is 1. The molecule has 2 heterocycles. The summed E-state index contributed by atoms with van der Waals surface area (Å²) < 4.78 is 1.70. The second kappa shape index (κ2) is 8.04. The van der Waals surface area contributed by atoms with Crippen LogP contribution < -0.4 is 16.0 Å². The molecule has 4 aromatic rings. The van der Waals surface area contributed by atoms with Crippen LogP contribution in [0, 0.1) is 6.92 Å². The Morgan fingerprint density at radius 3 is 2.73 bits per heavy atom. The highest BCUT2D eigenvalue weighted by Gasteiger charge is 2.10. The second-order valence-electron chi connectivity index (χ2n) is 6.82. The summed E-state index contributed by atoms with van der Waals surface area (Å²) in [5.74, 6) is 0.850. The van der Waals surface area contributed by atoms with Gasteiger partial charge in [-0.1, -0.05) is 30.8 Å². The Hall–Kier alpha value is -4.20. The van der Waals surface area contributed by atoms with Crippen LogP contribution in [0.5, 0.6) is 0 Å². The van der Waals surface area contributed by atoms with Crippen LogP contribution in [0.4, 0.5) is 28.8 Å². The van der Waals surface area contributed by atoms with Gasteiger partial charge in [-0.3, -0.25) is 9.48 Å². The summed E-state index contributed by atoms with van der Waals surface area (Å²) in [6.07, 6.45) is 6.54. The van der Waals surface area contributed by atoms with Crippen molar-refractivity contribution in [3.8, 4) is 0 Å². The highest BCUT2D eigenvalue weighted by Crippen LogP contribution is 2.30. The van der Waals surface area contributed by atoms with Gasteiger partial charge in [0.25, 0.3) is 0 Å². The molecule has 0 aliphatic heterocycles. The second-order valence-corrected chi connectivity index (χ2v) is 6.82. The van der Waals surface area contributed by atoms with Crippen LogP contribution in [-0.2, 0) is 11.8 Å². The van der Waals surface area contributed by atoms with Crippen LogP contribution in [0.3, 0.4) is 0 Å². The van der Waals surface area contributed by atoms with Gasteiger partial charge in [0.15, 0.2) is 0 Å². The highest BCUT2D eigenvalue weighted by molar-refractivity contribution is 6.07. The first kappa shape index (κ1) is 19.1. The minimum atomic E-state index is -0.265. The molecular weight excluding hydrogens is 378 g/mol. The van der Waals surface area contributed by atoms with Crippen molar-refractivity contribution >= 4 is 45.5 Å². The lowest BCUT2D eigenvalue weighted by atomic mass is 10.1. The van der Waals surface area contributed by atoms with Gasteiger partial charge in [0, 0.05) is 36.1 Å². The average molecular weight is 399 g/mol. The molecule has 30 heavy (non-hydrogen) atoms. The predicted molar refractivity (Wildman–Crippen MR) is 119 cm³/mol. The molecule has 8 heteroatoms. The smallest absolute Gasteiger partial charge is 0.247 e. The van der Waals surface area contributed by atoms with Crippen LogP contribution in [0.2, 0.25) is 0 Å². The van der Waals surface area contributed by atoms with E-state index < -0.39 is 0 Å². The zero-order chi connectivity index (χ0) is 21.1. The Kier molecular flexibility index (Phi) is 5.13. The molecular formula is C22H21N7O. The first-order valence-electron chi connectivity index (χ1n) is 9.34. The van der Waals surface area contributed by atoms with Crippen molar-refractivity contribution in [1.82, 2.24) is 19.7 Å². The number of rotatable bonds is 6. The molecule has 8 nitrogen and oxygen atoms in total. The molecule has 0 fully saturated rings. The van der Waals surface area contributed by atoms with Crippen LogP contribution in [-0.4, -0.2) is 25.7 Å². The van der Waals surface area contributed by atoms with Gasteiger partial charge < -0.3 is 16.0 Å². The van der Waals surface area contributed by atoms with Gasteiger partial charge in [-0.2, -0.15) is 10.1 Å². The van der Waals surface area contributed by atoms with E-state index in [1.165, 1.54) is 6.08 Å². The van der Waals surface area contributed by atoms with Gasteiger partial charge in [-0.25, -0.2) is 4.98 Å². The normalized spacial score (nSPS) is 10.6. The lowest BCUT2D eigenvalue weighted by Gasteiger charge is -2.14. The Morgan fingerprint density at radius 2 is 1.97 bits per heavy atom. The van der Waals surface area contributed by atoms with Crippen molar-refractivity contribution in [3.63, 3.8) is 0 Å². The number of nitrogens with one attached hydrogen (secondary N) is 3. The highest BCUT2D eigenvalue weighted by atomic mass is 16.1. The summed E-state index contributed by atoms with van der Waals surface area (Å²) in [4.78, 5) is 20.8.